The van der Waals surface area contributed by atoms with Gasteiger partial charge in [0.25, 0.3) is 0 Å². The van der Waals surface area contributed by atoms with E-state index in [0.29, 0.717) is 12.8 Å². The maximum Gasteiger partial charge on any atom is 0.312 e. The molecule has 1 saturated carbocycles. The zero-order chi connectivity index (χ0) is 23.9. The number of rotatable bonds is 7. The number of carbonyl (C=O) groups is 3. The molecular formula is C26H34N2O6. The molecule has 2 N–H and O–H groups in total. The number of amides is 2. The van der Waals surface area contributed by atoms with Crippen LogP contribution >= 0.6 is 0 Å². The van der Waals surface area contributed by atoms with Crippen molar-refractivity contribution in [3.63, 3.8) is 0 Å². The molecule has 0 aromatic heterocycles. The molecule has 4 fully saturated rings. The average Bonchev–Trinajstić information content (AvgIpc) is 3.49. The fourth-order valence-electron chi connectivity index (χ4n) is 6.79. The summed E-state index contributed by atoms with van der Waals surface area (Å²) in [5.41, 5.74) is -0.340. The summed E-state index contributed by atoms with van der Waals surface area (Å²) in [6, 6.07) is 7.70. The van der Waals surface area contributed by atoms with Gasteiger partial charge in [-0.1, -0.05) is 49.6 Å². The van der Waals surface area contributed by atoms with E-state index in [2.05, 4.69) is 5.32 Å². The third-order valence-electron chi connectivity index (χ3n) is 8.19. The number of aliphatic hydroxyl groups is 1. The first-order valence-corrected chi connectivity index (χ1v) is 12.6. The second-order valence-corrected chi connectivity index (χ2v) is 10.0. The van der Waals surface area contributed by atoms with E-state index < -0.39 is 41.6 Å². The van der Waals surface area contributed by atoms with E-state index in [1.54, 1.807) is 6.92 Å². The lowest BCUT2D eigenvalue weighted by molar-refractivity contribution is -0.155. The van der Waals surface area contributed by atoms with Crippen molar-refractivity contribution in [1.29, 1.82) is 0 Å². The molecule has 8 nitrogen and oxygen atoms in total. The van der Waals surface area contributed by atoms with E-state index in [0.717, 1.165) is 31.2 Å². The van der Waals surface area contributed by atoms with Crippen LogP contribution in [0, 0.1) is 11.8 Å². The van der Waals surface area contributed by atoms with Crippen molar-refractivity contribution in [2.75, 3.05) is 13.2 Å². The Labute approximate surface area is 200 Å². The maximum atomic E-state index is 14.0. The first-order chi connectivity index (χ1) is 16.5. The van der Waals surface area contributed by atoms with Crippen molar-refractivity contribution in [3.8, 4) is 0 Å². The smallest absolute Gasteiger partial charge is 0.312 e. The Morgan fingerprint density at radius 1 is 1.21 bits per heavy atom. The summed E-state index contributed by atoms with van der Waals surface area (Å²) < 4.78 is 11.7. The second-order valence-electron chi connectivity index (χ2n) is 10.0. The average molecular weight is 471 g/mol. The summed E-state index contributed by atoms with van der Waals surface area (Å²) in [6.45, 7) is 1.62. The van der Waals surface area contributed by atoms with Crippen molar-refractivity contribution in [2.45, 2.75) is 81.7 Å². The van der Waals surface area contributed by atoms with Crippen molar-refractivity contribution < 1.29 is 29.0 Å². The maximum absolute atomic E-state index is 14.0. The fourth-order valence-corrected chi connectivity index (χ4v) is 6.79. The number of hydrogen-bond acceptors (Lipinski definition) is 6. The highest BCUT2D eigenvalue weighted by Crippen LogP contribution is 2.59. The second kappa shape index (κ2) is 9.30. The van der Waals surface area contributed by atoms with Gasteiger partial charge >= 0.3 is 5.97 Å². The number of hydrogen-bond donors (Lipinski definition) is 2. The van der Waals surface area contributed by atoms with Crippen LogP contribution in [-0.4, -0.2) is 64.8 Å². The third-order valence-corrected chi connectivity index (χ3v) is 8.19. The highest BCUT2D eigenvalue weighted by atomic mass is 16.6. The molecule has 3 saturated heterocycles. The molecule has 6 atom stereocenters. The highest BCUT2D eigenvalue weighted by Gasteiger charge is 2.75. The van der Waals surface area contributed by atoms with Crippen molar-refractivity contribution in [2.24, 2.45) is 11.8 Å². The molecule has 1 aliphatic carbocycles. The summed E-state index contributed by atoms with van der Waals surface area (Å²) >= 11 is 0. The van der Waals surface area contributed by atoms with Gasteiger partial charge in [-0.15, -0.1) is 0 Å². The Bertz CT molecular complexity index is 932. The zero-order valence-corrected chi connectivity index (χ0v) is 19.7. The van der Waals surface area contributed by atoms with Crippen LogP contribution in [0.5, 0.6) is 0 Å². The van der Waals surface area contributed by atoms with Crippen molar-refractivity contribution in [1.82, 2.24) is 10.2 Å². The molecule has 4 aliphatic rings. The molecule has 3 aliphatic heterocycles. The predicted molar refractivity (Wildman–Crippen MR) is 122 cm³/mol. The van der Waals surface area contributed by atoms with Crippen LogP contribution in [0.3, 0.4) is 0 Å². The van der Waals surface area contributed by atoms with Gasteiger partial charge in [-0.05, 0) is 38.2 Å². The molecular weight excluding hydrogens is 436 g/mol. The summed E-state index contributed by atoms with van der Waals surface area (Å²) in [6.07, 6.45) is 5.83. The minimum atomic E-state index is -1.08. The van der Waals surface area contributed by atoms with Gasteiger partial charge in [-0.3, -0.25) is 14.4 Å². The van der Waals surface area contributed by atoms with E-state index in [1.165, 1.54) is 11.3 Å². The summed E-state index contributed by atoms with van der Waals surface area (Å²) in [5.74, 6) is -2.52. The van der Waals surface area contributed by atoms with Gasteiger partial charge in [0.15, 0.2) is 0 Å². The van der Waals surface area contributed by atoms with E-state index in [4.69, 9.17) is 9.47 Å². The van der Waals surface area contributed by atoms with Gasteiger partial charge in [-0.25, -0.2) is 0 Å². The minimum Gasteiger partial charge on any atom is -0.466 e. The Morgan fingerprint density at radius 2 is 1.94 bits per heavy atom. The summed E-state index contributed by atoms with van der Waals surface area (Å²) in [5, 5.41) is 13.6. The minimum absolute atomic E-state index is 0.0670. The number of carbonyl (C=O) groups excluding carboxylic acids is 3. The van der Waals surface area contributed by atoms with Gasteiger partial charge in [0.1, 0.15) is 11.6 Å². The van der Waals surface area contributed by atoms with E-state index >= 15 is 0 Å². The van der Waals surface area contributed by atoms with E-state index in [-0.39, 0.29) is 31.1 Å². The fraction of sp³-hybridized carbons (Fsp3) is 0.654. The molecule has 1 spiro atoms. The summed E-state index contributed by atoms with van der Waals surface area (Å²) in [7, 11) is 0. The zero-order valence-electron chi connectivity index (χ0n) is 19.7. The molecule has 34 heavy (non-hydrogen) atoms. The summed E-state index contributed by atoms with van der Waals surface area (Å²) in [4.78, 5) is 42.3. The number of ether oxygens (including phenoxy) is 2. The van der Waals surface area contributed by atoms with Crippen LogP contribution < -0.4 is 5.32 Å². The van der Waals surface area contributed by atoms with E-state index in [9.17, 15) is 19.5 Å². The number of likely N-dealkylation sites (tertiary alicyclic amines) is 1. The van der Waals surface area contributed by atoms with Crippen molar-refractivity contribution in [3.05, 3.63) is 35.9 Å². The monoisotopic (exact) mass is 470 g/mol. The van der Waals surface area contributed by atoms with Gasteiger partial charge < -0.3 is 24.8 Å². The van der Waals surface area contributed by atoms with Crippen LogP contribution in [0.25, 0.3) is 0 Å². The van der Waals surface area contributed by atoms with Crippen LogP contribution in [0.4, 0.5) is 0 Å². The predicted octanol–water partition coefficient (Wildman–Crippen LogP) is 2.11. The molecule has 5 rings (SSSR count). The molecule has 3 heterocycles. The van der Waals surface area contributed by atoms with Gasteiger partial charge in [0, 0.05) is 6.04 Å². The lowest BCUT2D eigenvalue weighted by Gasteiger charge is -2.38. The van der Waals surface area contributed by atoms with Crippen LogP contribution in [-0.2, 0) is 23.9 Å². The van der Waals surface area contributed by atoms with E-state index in [1.807, 2.05) is 30.3 Å². The molecule has 2 amide bonds. The Morgan fingerprint density at radius 3 is 2.62 bits per heavy atom. The normalized spacial score (nSPS) is 33.6. The number of nitrogens with one attached hydrogen (secondary N) is 1. The number of esters is 1. The Hall–Kier alpha value is -2.45. The molecule has 184 valence electrons. The quantitative estimate of drug-likeness (QED) is 0.592. The largest absolute Gasteiger partial charge is 0.466 e. The Balaban J connectivity index is 1.54. The lowest BCUT2D eigenvalue weighted by Crippen LogP contribution is -2.57. The molecule has 1 aromatic rings. The molecule has 0 radical (unpaired) electrons. The number of fused-ring (bicyclic) bond motifs is 1. The van der Waals surface area contributed by atoms with Crippen LogP contribution in [0.2, 0.25) is 0 Å². The number of aliphatic hydroxyl groups excluding tert-OH is 1. The molecule has 8 heteroatoms. The van der Waals surface area contributed by atoms with Crippen molar-refractivity contribution >= 4 is 17.8 Å². The standard InChI is InChI=1S/C26H34N2O6/c1-2-33-25(32)20-19-13-14-26(34-19)21(20)24(31)28(18(15-29)16-9-5-3-6-10-16)22(26)23(30)27-17-11-7-4-8-12-17/h3,5-6,9-10,17-22,29H,2,4,7-8,11-15H2,1H3,(H,27,30)/t18-,19-,20+,21+,22?,26?/m1/s1. The van der Waals surface area contributed by atoms with Crippen LogP contribution in [0.1, 0.15) is 63.5 Å². The Kier molecular flexibility index (Phi) is 6.37. The van der Waals surface area contributed by atoms with Gasteiger partial charge in [0.2, 0.25) is 11.8 Å². The van der Waals surface area contributed by atoms with Gasteiger partial charge in [0.05, 0.1) is 37.2 Å². The first-order valence-electron chi connectivity index (χ1n) is 12.6. The van der Waals surface area contributed by atoms with Crippen LogP contribution in [0.15, 0.2) is 30.3 Å². The van der Waals surface area contributed by atoms with Gasteiger partial charge in [-0.2, -0.15) is 0 Å². The number of nitrogens with zero attached hydrogens (tertiary/aromatic N) is 1. The highest BCUT2D eigenvalue weighted by molar-refractivity contribution is 5.98. The topological polar surface area (TPSA) is 105 Å². The third kappa shape index (κ3) is 3.62. The first kappa shape index (κ1) is 23.3. The SMILES string of the molecule is CCOC(=O)[C@@H]1[C@H]2C(=O)N([C@H](CO)c3ccccc3)C(C(=O)NC3CCCCC3)C23CC[C@H]1O3. The lowest BCUT2D eigenvalue weighted by atomic mass is 9.70. The number of benzene rings is 1. The molecule has 1 aromatic carbocycles. The molecule has 2 bridgehead atoms. The molecule has 2 unspecified atom stereocenters.